The molecule has 0 amide bonds. The van der Waals surface area contributed by atoms with Crippen molar-refractivity contribution in [1.29, 1.82) is 0 Å². The average Bonchev–Trinajstić information content (AvgIpc) is 2.41. The fourth-order valence-corrected chi connectivity index (χ4v) is 4.71. The van der Waals surface area contributed by atoms with Gasteiger partial charge in [0.1, 0.15) is 6.10 Å². The van der Waals surface area contributed by atoms with E-state index in [2.05, 4.69) is 20.8 Å². The van der Waals surface area contributed by atoms with E-state index in [0.29, 0.717) is 6.61 Å². The molecule has 0 spiro atoms. The predicted octanol–water partition coefficient (Wildman–Crippen LogP) is 3.74. The second-order valence-electron chi connectivity index (χ2n) is 4.48. The summed E-state index contributed by atoms with van der Waals surface area (Å²) >= 11 is 0. The minimum Gasteiger partial charge on any atom is -0.414 e. The largest absolute Gasteiger partial charge is 0.414 e. The molecular formula is C14H24O2Si. The molecule has 0 saturated heterocycles. The summed E-state index contributed by atoms with van der Waals surface area (Å²) in [5, 5.41) is 10.1. The predicted molar refractivity (Wildman–Crippen MR) is 74.6 cm³/mol. The summed E-state index contributed by atoms with van der Waals surface area (Å²) in [6.07, 6.45) is -0.493. The lowest BCUT2D eigenvalue weighted by Crippen LogP contribution is -2.37. The molecule has 0 aliphatic rings. The molecule has 96 valence electrons. The molecule has 0 bridgehead atoms. The van der Waals surface area contributed by atoms with Crippen LogP contribution in [0.5, 0.6) is 0 Å². The Morgan fingerprint density at radius 3 is 2.06 bits per heavy atom. The van der Waals surface area contributed by atoms with Crippen LogP contribution in [-0.2, 0) is 4.43 Å². The van der Waals surface area contributed by atoms with Gasteiger partial charge < -0.3 is 9.53 Å². The van der Waals surface area contributed by atoms with Crippen LogP contribution in [-0.4, -0.2) is 20.0 Å². The Kier molecular flexibility index (Phi) is 5.89. The molecular weight excluding hydrogens is 228 g/mol. The number of rotatable bonds is 7. The third-order valence-corrected chi connectivity index (χ3v) is 8.31. The highest BCUT2D eigenvalue weighted by molar-refractivity contribution is 6.73. The molecule has 0 fully saturated rings. The third kappa shape index (κ3) is 3.94. The van der Waals surface area contributed by atoms with Gasteiger partial charge in [-0.15, -0.1) is 0 Å². The van der Waals surface area contributed by atoms with Crippen molar-refractivity contribution in [1.82, 2.24) is 0 Å². The van der Waals surface area contributed by atoms with E-state index in [0.717, 1.165) is 23.7 Å². The average molecular weight is 252 g/mol. The van der Waals surface area contributed by atoms with Gasteiger partial charge in [-0.25, -0.2) is 0 Å². The van der Waals surface area contributed by atoms with Crippen molar-refractivity contribution in [2.45, 2.75) is 45.0 Å². The van der Waals surface area contributed by atoms with Crippen molar-refractivity contribution in [3.05, 3.63) is 35.9 Å². The van der Waals surface area contributed by atoms with E-state index in [1.54, 1.807) is 0 Å². The fraction of sp³-hybridized carbons (Fsp3) is 0.571. The van der Waals surface area contributed by atoms with Gasteiger partial charge in [0.05, 0.1) is 6.61 Å². The summed E-state index contributed by atoms with van der Waals surface area (Å²) < 4.78 is 6.08. The Balaban J connectivity index is 2.55. The Hall–Kier alpha value is -0.643. The van der Waals surface area contributed by atoms with Crippen LogP contribution in [0, 0.1) is 0 Å². The van der Waals surface area contributed by atoms with E-state index < -0.39 is 14.4 Å². The molecule has 0 aromatic heterocycles. The maximum Gasteiger partial charge on any atom is 0.192 e. The number of hydrogen-bond donors (Lipinski definition) is 1. The van der Waals surface area contributed by atoms with Crippen molar-refractivity contribution in [3.63, 3.8) is 0 Å². The summed E-state index contributed by atoms with van der Waals surface area (Å²) in [5.41, 5.74) is 0.943. The lowest BCUT2D eigenvalue weighted by molar-refractivity contribution is 0.102. The van der Waals surface area contributed by atoms with Crippen LogP contribution in [0.25, 0.3) is 0 Å². The number of hydrogen-bond acceptors (Lipinski definition) is 2. The lowest BCUT2D eigenvalue weighted by Gasteiger charge is -2.29. The first-order valence-corrected chi connectivity index (χ1v) is 9.07. The first kappa shape index (κ1) is 14.4. The SMILES string of the molecule is CC[Si](CC)(CC)OC[C@H](O)c1ccccc1. The smallest absolute Gasteiger partial charge is 0.192 e. The Labute approximate surface area is 106 Å². The summed E-state index contributed by atoms with van der Waals surface area (Å²) in [5.74, 6) is 0. The topological polar surface area (TPSA) is 29.5 Å². The quantitative estimate of drug-likeness (QED) is 0.749. The fourth-order valence-electron chi connectivity index (χ4n) is 2.08. The second kappa shape index (κ2) is 6.94. The highest BCUT2D eigenvalue weighted by Gasteiger charge is 2.29. The summed E-state index contributed by atoms with van der Waals surface area (Å²) in [4.78, 5) is 0. The molecule has 0 radical (unpaired) electrons. The van der Waals surface area contributed by atoms with Crippen LogP contribution in [0.1, 0.15) is 32.4 Å². The zero-order chi connectivity index (χ0) is 12.7. The minimum absolute atomic E-state index is 0.436. The highest BCUT2D eigenvalue weighted by atomic mass is 28.4. The van der Waals surface area contributed by atoms with Crippen LogP contribution in [0.2, 0.25) is 18.1 Å². The normalized spacial score (nSPS) is 13.6. The van der Waals surface area contributed by atoms with Gasteiger partial charge in [-0.05, 0) is 23.7 Å². The van der Waals surface area contributed by atoms with E-state index in [9.17, 15) is 5.11 Å². The minimum atomic E-state index is -1.57. The van der Waals surface area contributed by atoms with Crippen molar-refractivity contribution >= 4 is 8.32 Å². The van der Waals surface area contributed by atoms with Crippen molar-refractivity contribution < 1.29 is 9.53 Å². The molecule has 0 saturated carbocycles. The third-order valence-electron chi connectivity index (χ3n) is 3.66. The molecule has 0 heterocycles. The second-order valence-corrected chi connectivity index (χ2v) is 9.26. The van der Waals surface area contributed by atoms with Gasteiger partial charge in [-0.2, -0.15) is 0 Å². The molecule has 0 aliphatic carbocycles. The van der Waals surface area contributed by atoms with E-state index >= 15 is 0 Å². The first-order chi connectivity index (χ1) is 8.17. The van der Waals surface area contributed by atoms with Crippen LogP contribution < -0.4 is 0 Å². The van der Waals surface area contributed by atoms with Gasteiger partial charge in [-0.1, -0.05) is 51.1 Å². The Morgan fingerprint density at radius 1 is 1.06 bits per heavy atom. The molecule has 1 N–H and O–H groups in total. The van der Waals surface area contributed by atoms with Crippen LogP contribution in [0.15, 0.2) is 30.3 Å². The number of benzene rings is 1. The molecule has 1 aromatic carbocycles. The van der Waals surface area contributed by atoms with Crippen molar-refractivity contribution in [2.24, 2.45) is 0 Å². The zero-order valence-corrected chi connectivity index (χ0v) is 12.1. The maximum absolute atomic E-state index is 10.1. The van der Waals surface area contributed by atoms with Crippen molar-refractivity contribution in [3.8, 4) is 0 Å². The van der Waals surface area contributed by atoms with Gasteiger partial charge in [0, 0.05) is 0 Å². The van der Waals surface area contributed by atoms with E-state index in [-0.39, 0.29) is 0 Å². The van der Waals surface area contributed by atoms with E-state index in [1.807, 2.05) is 30.3 Å². The molecule has 0 aliphatic heterocycles. The van der Waals surface area contributed by atoms with Gasteiger partial charge in [0.25, 0.3) is 0 Å². The van der Waals surface area contributed by atoms with Gasteiger partial charge in [0.2, 0.25) is 0 Å². The Bertz CT molecular complexity index is 301. The summed E-state index contributed by atoms with van der Waals surface area (Å²) in [7, 11) is -1.57. The van der Waals surface area contributed by atoms with Crippen LogP contribution in [0.3, 0.4) is 0 Å². The molecule has 1 rings (SSSR count). The van der Waals surface area contributed by atoms with Crippen LogP contribution >= 0.6 is 0 Å². The Morgan fingerprint density at radius 2 is 1.59 bits per heavy atom. The van der Waals surface area contributed by atoms with E-state index in [1.165, 1.54) is 0 Å². The lowest BCUT2D eigenvalue weighted by atomic mass is 10.1. The number of aliphatic hydroxyl groups excluding tert-OH is 1. The summed E-state index contributed by atoms with van der Waals surface area (Å²) in [6.45, 7) is 7.04. The first-order valence-electron chi connectivity index (χ1n) is 6.54. The molecule has 17 heavy (non-hydrogen) atoms. The monoisotopic (exact) mass is 252 g/mol. The van der Waals surface area contributed by atoms with Gasteiger partial charge in [0.15, 0.2) is 8.32 Å². The van der Waals surface area contributed by atoms with Crippen molar-refractivity contribution in [2.75, 3.05) is 6.61 Å². The molecule has 0 unspecified atom stereocenters. The molecule has 3 heteroatoms. The number of aliphatic hydroxyl groups is 1. The zero-order valence-electron chi connectivity index (χ0n) is 11.1. The van der Waals surface area contributed by atoms with Crippen LogP contribution in [0.4, 0.5) is 0 Å². The molecule has 1 aromatic rings. The maximum atomic E-state index is 10.1. The standard InChI is InChI=1S/C14H24O2Si/c1-4-17(5-2,6-3)16-12-14(15)13-10-8-7-9-11-13/h7-11,14-15H,4-6,12H2,1-3H3/t14-/m0/s1. The molecule has 2 nitrogen and oxygen atoms in total. The summed E-state index contributed by atoms with van der Waals surface area (Å²) in [6, 6.07) is 13.1. The van der Waals surface area contributed by atoms with Gasteiger partial charge in [-0.3, -0.25) is 0 Å². The molecule has 1 atom stereocenters. The highest BCUT2D eigenvalue weighted by Crippen LogP contribution is 2.24. The van der Waals surface area contributed by atoms with Gasteiger partial charge >= 0.3 is 0 Å². The van der Waals surface area contributed by atoms with E-state index in [4.69, 9.17) is 4.43 Å².